The van der Waals surface area contributed by atoms with Crippen molar-refractivity contribution < 1.29 is 9.47 Å². The summed E-state index contributed by atoms with van der Waals surface area (Å²) >= 11 is 0. The molecular weight excluding hydrogens is 264 g/mol. The molecule has 2 atom stereocenters. The number of ether oxygens (including phenoxy) is 2. The van der Waals surface area contributed by atoms with Crippen LogP contribution in [0.3, 0.4) is 0 Å². The predicted molar refractivity (Wildman–Crippen MR) is 85.4 cm³/mol. The molecule has 0 aromatic heterocycles. The van der Waals surface area contributed by atoms with Gasteiger partial charge in [-0.25, -0.2) is 0 Å². The fourth-order valence-electron chi connectivity index (χ4n) is 3.06. The molecule has 0 spiro atoms. The highest BCUT2D eigenvalue weighted by atomic mass is 16.5. The molecule has 0 bridgehead atoms. The molecule has 1 aliphatic carbocycles. The van der Waals surface area contributed by atoms with Gasteiger partial charge in [-0.05, 0) is 31.4 Å². The first-order valence-electron chi connectivity index (χ1n) is 8.00. The van der Waals surface area contributed by atoms with Gasteiger partial charge in [0, 0.05) is 38.4 Å². The third-order valence-electron chi connectivity index (χ3n) is 4.18. The molecule has 0 aliphatic heterocycles. The zero-order valence-corrected chi connectivity index (χ0v) is 13.3. The minimum atomic E-state index is 0.0875. The molecule has 4 nitrogen and oxygen atoms in total. The number of rotatable bonds is 9. The highest BCUT2D eigenvalue weighted by Crippen LogP contribution is 2.32. The van der Waals surface area contributed by atoms with Gasteiger partial charge in [0.15, 0.2) is 0 Å². The van der Waals surface area contributed by atoms with Gasteiger partial charge >= 0.3 is 0 Å². The summed E-state index contributed by atoms with van der Waals surface area (Å²) in [7, 11) is 0. The van der Waals surface area contributed by atoms with E-state index in [2.05, 4.69) is 29.2 Å². The van der Waals surface area contributed by atoms with Crippen LogP contribution in [0.2, 0.25) is 0 Å². The Morgan fingerprint density at radius 2 is 1.71 bits per heavy atom. The Morgan fingerprint density at radius 3 is 2.29 bits per heavy atom. The second-order valence-electron chi connectivity index (χ2n) is 5.43. The Kier molecular flexibility index (Phi) is 6.64. The van der Waals surface area contributed by atoms with E-state index < -0.39 is 0 Å². The van der Waals surface area contributed by atoms with E-state index in [1.165, 1.54) is 11.1 Å². The number of nitrogens with two attached hydrogens (primary N) is 1. The number of hydrogen-bond donors (Lipinski definition) is 1. The molecule has 0 saturated heterocycles. The smallest absolute Gasteiger partial charge is 0.0593 e. The van der Waals surface area contributed by atoms with Crippen LogP contribution in [0.5, 0.6) is 0 Å². The lowest BCUT2D eigenvalue weighted by molar-refractivity contribution is 0.0590. The quantitative estimate of drug-likeness (QED) is 0.707. The van der Waals surface area contributed by atoms with Crippen LogP contribution in [0.1, 0.15) is 31.0 Å². The first-order valence-corrected chi connectivity index (χ1v) is 8.00. The molecule has 2 unspecified atom stereocenters. The minimum Gasteiger partial charge on any atom is -0.380 e. The highest BCUT2D eigenvalue weighted by Gasteiger charge is 2.33. The average molecular weight is 292 g/mol. The Labute approximate surface area is 128 Å². The van der Waals surface area contributed by atoms with Crippen molar-refractivity contribution in [1.82, 2.24) is 4.90 Å². The van der Waals surface area contributed by atoms with Crippen LogP contribution < -0.4 is 5.73 Å². The normalized spacial score (nSPS) is 21.0. The maximum Gasteiger partial charge on any atom is 0.0593 e. The van der Waals surface area contributed by atoms with Crippen molar-refractivity contribution in [3.05, 3.63) is 35.4 Å². The fourth-order valence-corrected chi connectivity index (χ4v) is 3.06. The van der Waals surface area contributed by atoms with Gasteiger partial charge in [0.1, 0.15) is 0 Å². The van der Waals surface area contributed by atoms with Crippen LogP contribution in [0.25, 0.3) is 0 Å². The van der Waals surface area contributed by atoms with Gasteiger partial charge in [0.2, 0.25) is 0 Å². The second kappa shape index (κ2) is 8.49. The molecule has 0 saturated carbocycles. The lowest BCUT2D eigenvalue weighted by atomic mass is 10.1. The molecule has 1 aliphatic rings. The van der Waals surface area contributed by atoms with Crippen molar-refractivity contribution in [3.8, 4) is 0 Å². The van der Waals surface area contributed by atoms with Crippen LogP contribution in [0.4, 0.5) is 0 Å². The molecule has 0 amide bonds. The summed E-state index contributed by atoms with van der Waals surface area (Å²) in [6.45, 7) is 8.90. The lowest BCUT2D eigenvalue weighted by Crippen LogP contribution is -2.44. The fraction of sp³-hybridized carbons (Fsp3) is 0.647. The maximum absolute atomic E-state index is 6.48. The van der Waals surface area contributed by atoms with E-state index in [0.717, 1.165) is 45.9 Å². The Morgan fingerprint density at radius 1 is 1.10 bits per heavy atom. The van der Waals surface area contributed by atoms with E-state index in [4.69, 9.17) is 15.2 Å². The first kappa shape index (κ1) is 16.4. The van der Waals surface area contributed by atoms with Crippen molar-refractivity contribution >= 4 is 0 Å². The van der Waals surface area contributed by atoms with Crippen molar-refractivity contribution in [1.29, 1.82) is 0 Å². The average Bonchev–Trinajstić information content (AvgIpc) is 2.84. The summed E-state index contributed by atoms with van der Waals surface area (Å²) in [4.78, 5) is 2.43. The van der Waals surface area contributed by atoms with E-state index in [0.29, 0.717) is 6.04 Å². The number of benzene rings is 1. The van der Waals surface area contributed by atoms with E-state index >= 15 is 0 Å². The maximum atomic E-state index is 6.48. The summed E-state index contributed by atoms with van der Waals surface area (Å²) in [6, 6.07) is 8.96. The molecule has 0 radical (unpaired) electrons. The lowest BCUT2D eigenvalue weighted by Gasteiger charge is -2.31. The van der Waals surface area contributed by atoms with Gasteiger partial charge in [0.05, 0.1) is 13.2 Å². The van der Waals surface area contributed by atoms with Gasteiger partial charge in [0.25, 0.3) is 0 Å². The first-order chi connectivity index (χ1) is 10.3. The summed E-state index contributed by atoms with van der Waals surface area (Å²) in [5, 5.41) is 0. The van der Waals surface area contributed by atoms with E-state index in [1.807, 2.05) is 13.8 Å². The molecule has 2 rings (SSSR count). The topological polar surface area (TPSA) is 47.7 Å². The van der Waals surface area contributed by atoms with E-state index in [9.17, 15) is 0 Å². The minimum absolute atomic E-state index is 0.0875. The van der Waals surface area contributed by atoms with Crippen LogP contribution in [0, 0.1) is 0 Å². The molecular formula is C17H28N2O2. The standard InChI is InChI=1S/C17H28N2O2/c1-3-20-11-9-19(10-12-21-4-2)16-13-14-7-5-6-8-15(14)17(16)18/h5-8,16-17H,3-4,9-13,18H2,1-2H3. The summed E-state index contributed by atoms with van der Waals surface area (Å²) in [5.41, 5.74) is 9.15. The highest BCUT2D eigenvalue weighted by molar-refractivity contribution is 5.36. The van der Waals surface area contributed by atoms with Gasteiger partial charge < -0.3 is 15.2 Å². The third-order valence-corrected chi connectivity index (χ3v) is 4.18. The zero-order valence-electron chi connectivity index (χ0n) is 13.3. The van der Waals surface area contributed by atoms with Crippen molar-refractivity contribution in [2.75, 3.05) is 39.5 Å². The monoisotopic (exact) mass is 292 g/mol. The Bertz CT molecular complexity index is 415. The number of hydrogen-bond acceptors (Lipinski definition) is 4. The zero-order chi connectivity index (χ0) is 15.1. The molecule has 4 heteroatoms. The number of nitrogens with zero attached hydrogens (tertiary/aromatic N) is 1. The van der Waals surface area contributed by atoms with Crippen LogP contribution in [-0.4, -0.2) is 50.5 Å². The molecule has 2 N–H and O–H groups in total. The van der Waals surface area contributed by atoms with Gasteiger partial charge in [-0.2, -0.15) is 0 Å². The number of fused-ring (bicyclic) bond motifs is 1. The SMILES string of the molecule is CCOCCN(CCOCC)C1Cc2ccccc2C1N. The van der Waals surface area contributed by atoms with Crippen molar-refractivity contribution in [3.63, 3.8) is 0 Å². The van der Waals surface area contributed by atoms with E-state index in [-0.39, 0.29) is 6.04 Å². The molecule has 118 valence electrons. The van der Waals surface area contributed by atoms with Gasteiger partial charge in [-0.3, -0.25) is 4.90 Å². The van der Waals surface area contributed by atoms with Gasteiger partial charge in [-0.15, -0.1) is 0 Å². The van der Waals surface area contributed by atoms with Crippen molar-refractivity contribution in [2.45, 2.75) is 32.4 Å². The predicted octanol–water partition coefficient (Wildman–Crippen LogP) is 1.99. The van der Waals surface area contributed by atoms with Crippen LogP contribution in [0.15, 0.2) is 24.3 Å². The molecule has 21 heavy (non-hydrogen) atoms. The van der Waals surface area contributed by atoms with E-state index in [1.54, 1.807) is 0 Å². The summed E-state index contributed by atoms with van der Waals surface area (Å²) < 4.78 is 11.0. The van der Waals surface area contributed by atoms with Crippen molar-refractivity contribution in [2.24, 2.45) is 5.73 Å². The summed E-state index contributed by atoms with van der Waals surface area (Å²) in [6.07, 6.45) is 1.02. The van der Waals surface area contributed by atoms with Crippen LogP contribution >= 0.6 is 0 Å². The molecule has 0 fully saturated rings. The summed E-state index contributed by atoms with van der Waals surface area (Å²) in [5.74, 6) is 0. The van der Waals surface area contributed by atoms with Gasteiger partial charge in [-0.1, -0.05) is 24.3 Å². The largest absolute Gasteiger partial charge is 0.380 e. The molecule has 0 heterocycles. The Balaban J connectivity index is 1.99. The third kappa shape index (κ3) is 4.27. The van der Waals surface area contributed by atoms with Crippen LogP contribution in [-0.2, 0) is 15.9 Å². The molecule has 1 aromatic rings. The molecule has 1 aromatic carbocycles. The Hall–Kier alpha value is -0.940. The second-order valence-corrected chi connectivity index (χ2v) is 5.43.